The molecule has 162 valence electrons. The van der Waals surface area contributed by atoms with Crippen LogP contribution in [0.5, 0.6) is 0 Å². The maximum atomic E-state index is 12.9. The summed E-state index contributed by atoms with van der Waals surface area (Å²) in [5, 5.41) is 5.85. The van der Waals surface area contributed by atoms with Crippen LogP contribution in [-0.4, -0.2) is 62.0 Å². The van der Waals surface area contributed by atoms with Crippen LogP contribution < -0.4 is 10.6 Å². The number of amides is 1. The van der Waals surface area contributed by atoms with E-state index in [0.717, 1.165) is 51.3 Å². The van der Waals surface area contributed by atoms with Gasteiger partial charge in [0.2, 0.25) is 0 Å². The van der Waals surface area contributed by atoms with Crippen LogP contribution in [0.1, 0.15) is 22.3 Å². The molecular formula is C22H27F3N4O. The van der Waals surface area contributed by atoms with E-state index >= 15 is 0 Å². The van der Waals surface area contributed by atoms with Gasteiger partial charge in [-0.15, -0.1) is 0 Å². The molecule has 0 spiro atoms. The summed E-state index contributed by atoms with van der Waals surface area (Å²) >= 11 is 0. The van der Waals surface area contributed by atoms with Crippen molar-refractivity contribution >= 4 is 17.3 Å². The van der Waals surface area contributed by atoms with Gasteiger partial charge >= 0.3 is 6.18 Å². The Hall–Kier alpha value is -2.58. The molecule has 1 aliphatic heterocycles. The third kappa shape index (κ3) is 6.21. The van der Waals surface area contributed by atoms with E-state index in [9.17, 15) is 18.0 Å². The number of carbonyl (C=O) groups is 1. The van der Waals surface area contributed by atoms with Crippen molar-refractivity contribution in [2.45, 2.75) is 12.6 Å². The van der Waals surface area contributed by atoms with Crippen LogP contribution in [-0.2, 0) is 6.18 Å². The molecule has 0 radical (unpaired) electrons. The van der Waals surface area contributed by atoms with Gasteiger partial charge in [-0.25, -0.2) is 0 Å². The summed E-state index contributed by atoms with van der Waals surface area (Å²) in [6.07, 6.45) is -3.57. The zero-order chi connectivity index (χ0) is 21.6. The Morgan fingerprint density at radius 1 is 1.03 bits per heavy atom. The molecule has 30 heavy (non-hydrogen) atoms. The highest BCUT2D eigenvalue weighted by Crippen LogP contribution is 2.31. The number of rotatable bonds is 7. The number of nitrogens with zero attached hydrogens (tertiary/aromatic N) is 2. The highest BCUT2D eigenvalue weighted by atomic mass is 19.4. The number of para-hydroxylation sites is 1. The summed E-state index contributed by atoms with van der Waals surface area (Å²) in [7, 11) is 2.11. The van der Waals surface area contributed by atoms with Crippen molar-refractivity contribution in [1.29, 1.82) is 0 Å². The van der Waals surface area contributed by atoms with Gasteiger partial charge in [-0.2, -0.15) is 13.2 Å². The fourth-order valence-electron chi connectivity index (χ4n) is 3.39. The molecule has 1 saturated heterocycles. The highest BCUT2D eigenvalue weighted by molar-refractivity contribution is 6.00. The van der Waals surface area contributed by atoms with Crippen LogP contribution in [0.2, 0.25) is 0 Å². The molecule has 1 aliphatic rings. The molecule has 5 nitrogen and oxygen atoms in total. The number of nitrogens with one attached hydrogen (secondary N) is 2. The standard InChI is InChI=1S/C22H27F3N4O/c1-28-12-14-29(15-13-28)11-5-10-26-21(30)19-8-2-3-9-20(19)27-18-7-4-6-17(16-18)22(23,24)25/h2-4,6-9,16,27H,5,10-15H2,1H3,(H,26,30). The number of hydrogen-bond acceptors (Lipinski definition) is 4. The lowest BCUT2D eigenvalue weighted by Crippen LogP contribution is -2.45. The molecule has 0 bridgehead atoms. The second kappa shape index (κ2) is 9.95. The smallest absolute Gasteiger partial charge is 0.355 e. The Morgan fingerprint density at radius 3 is 2.50 bits per heavy atom. The summed E-state index contributed by atoms with van der Waals surface area (Å²) in [4.78, 5) is 17.3. The summed E-state index contributed by atoms with van der Waals surface area (Å²) in [5.74, 6) is -0.247. The average molecular weight is 420 g/mol. The molecule has 3 rings (SSSR count). The Bertz CT molecular complexity index is 848. The van der Waals surface area contributed by atoms with Crippen LogP contribution in [0.4, 0.5) is 24.5 Å². The van der Waals surface area contributed by atoms with E-state index in [-0.39, 0.29) is 11.6 Å². The molecule has 2 N–H and O–H groups in total. The van der Waals surface area contributed by atoms with Crippen LogP contribution in [0, 0.1) is 0 Å². The number of piperazine rings is 1. The largest absolute Gasteiger partial charge is 0.416 e. The summed E-state index contributed by atoms with van der Waals surface area (Å²) in [6, 6.07) is 11.7. The fraction of sp³-hybridized carbons (Fsp3) is 0.409. The predicted octanol–water partition coefficient (Wildman–Crippen LogP) is 3.82. The summed E-state index contributed by atoms with van der Waals surface area (Å²) in [5.41, 5.74) is 0.404. The summed E-state index contributed by atoms with van der Waals surface area (Å²) < 4.78 is 38.8. The number of carbonyl (C=O) groups excluding carboxylic acids is 1. The van der Waals surface area contributed by atoms with Crippen LogP contribution >= 0.6 is 0 Å². The molecule has 0 aromatic heterocycles. The third-order valence-electron chi connectivity index (χ3n) is 5.17. The maximum Gasteiger partial charge on any atom is 0.416 e. The third-order valence-corrected chi connectivity index (χ3v) is 5.17. The first kappa shape index (κ1) is 22.1. The molecule has 8 heteroatoms. The van der Waals surface area contributed by atoms with Gasteiger partial charge in [0.15, 0.2) is 0 Å². The quantitative estimate of drug-likeness (QED) is 0.669. The van der Waals surface area contributed by atoms with Crippen molar-refractivity contribution in [3.63, 3.8) is 0 Å². The number of likely N-dealkylation sites (N-methyl/N-ethyl adjacent to an activating group) is 1. The van der Waals surface area contributed by atoms with Crippen molar-refractivity contribution < 1.29 is 18.0 Å². The maximum absolute atomic E-state index is 12.9. The molecule has 1 heterocycles. The highest BCUT2D eigenvalue weighted by Gasteiger charge is 2.30. The molecule has 0 unspecified atom stereocenters. The Kier molecular flexibility index (Phi) is 7.33. The lowest BCUT2D eigenvalue weighted by Gasteiger charge is -2.32. The van der Waals surface area contributed by atoms with E-state index in [1.807, 2.05) is 0 Å². The Balaban J connectivity index is 1.56. The Labute approximate surface area is 174 Å². The number of benzene rings is 2. The topological polar surface area (TPSA) is 47.6 Å². The fourth-order valence-corrected chi connectivity index (χ4v) is 3.39. The summed E-state index contributed by atoms with van der Waals surface area (Å²) in [6.45, 7) is 5.66. The van der Waals surface area contributed by atoms with Crippen LogP contribution in [0.3, 0.4) is 0 Å². The van der Waals surface area contributed by atoms with Crippen LogP contribution in [0.25, 0.3) is 0 Å². The van der Waals surface area contributed by atoms with Gasteiger partial charge < -0.3 is 20.4 Å². The van der Waals surface area contributed by atoms with Gasteiger partial charge in [-0.3, -0.25) is 4.79 Å². The number of anilines is 2. The molecule has 2 aromatic rings. The molecule has 1 amide bonds. The molecule has 2 aromatic carbocycles. The first-order valence-corrected chi connectivity index (χ1v) is 10.1. The van der Waals surface area contributed by atoms with Gasteiger partial charge in [0, 0.05) is 38.4 Å². The minimum absolute atomic E-state index is 0.247. The number of alkyl halides is 3. The van der Waals surface area contributed by atoms with E-state index < -0.39 is 11.7 Å². The number of halogens is 3. The SMILES string of the molecule is CN1CCN(CCCNC(=O)c2ccccc2Nc2cccc(C(F)(F)F)c2)CC1. The van der Waals surface area contributed by atoms with E-state index in [2.05, 4.69) is 27.5 Å². The van der Waals surface area contributed by atoms with E-state index in [1.54, 1.807) is 30.3 Å². The zero-order valence-electron chi connectivity index (χ0n) is 17.0. The number of hydrogen-bond donors (Lipinski definition) is 2. The van der Waals surface area contributed by atoms with Gasteiger partial charge in [-0.05, 0) is 50.3 Å². The molecule has 0 saturated carbocycles. The lowest BCUT2D eigenvalue weighted by molar-refractivity contribution is -0.137. The Morgan fingerprint density at radius 2 is 1.77 bits per heavy atom. The van der Waals surface area contributed by atoms with Gasteiger partial charge in [-0.1, -0.05) is 18.2 Å². The minimum atomic E-state index is -4.42. The van der Waals surface area contributed by atoms with Crippen molar-refractivity contribution in [1.82, 2.24) is 15.1 Å². The van der Waals surface area contributed by atoms with Gasteiger partial charge in [0.25, 0.3) is 5.91 Å². The molecule has 0 aliphatic carbocycles. The van der Waals surface area contributed by atoms with Crippen molar-refractivity contribution in [2.24, 2.45) is 0 Å². The normalized spacial score (nSPS) is 15.7. The predicted molar refractivity (Wildman–Crippen MR) is 112 cm³/mol. The van der Waals surface area contributed by atoms with Gasteiger partial charge in [0.1, 0.15) is 0 Å². The van der Waals surface area contributed by atoms with Crippen molar-refractivity contribution in [3.05, 3.63) is 59.7 Å². The minimum Gasteiger partial charge on any atom is -0.355 e. The molecule has 0 atom stereocenters. The van der Waals surface area contributed by atoms with Gasteiger partial charge in [0.05, 0.1) is 16.8 Å². The van der Waals surface area contributed by atoms with E-state index in [0.29, 0.717) is 17.8 Å². The molecule has 1 fully saturated rings. The van der Waals surface area contributed by atoms with E-state index in [4.69, 9.17) is 0 Å². The second-order valence-corrected chi connectivity index (χ2v) is 7.50. The van der Waals surface area contributed by atoms with E-state index in [1.165, 1.54) is 6.07 Å². The van der Waals surface area contributed by atoms with Crippen molar-refractivity contribution in [3.8, 4) is 0 Å². The lowest BCUT2D eigenvalue weighted by atomic mass is 10.1. The monoisotopic (exact) mass is 420 g/mol. The average Bonchev–Trinajstić information content (AvgIpc) is 2.72. The van der Waals surface area contributed by atoms with Crippen LogP contribution in [0.15, 0.2) is 48.5 Å². The second-order valence-electron chi connectivity index (χ2n) is 7.50. The first-order chi connectivity index (χ1) is 14.3. The zero-order valence-corrected chi connectivity index (χ0v) is 17.0. The van der Waals surface area contributed by atoms with Crippen molar-refractivity contribution in [2.75, 3.05) is 51.6 Å². The molecular weight excluding hydrogens is 393 g/mol. The first-order valence-electron chi connectivity index (χ1n) is 10.1.